The first-order valence-electron chi connectivity index (χ1n) is 5.97. The van der Waals surface area contributed by atoms with Crippen LogP contribution in [0.5, 0.6) is 0 Å². The van der Waals surface area contributed by atoms with E-state index in [2.05, 4.69) is 41.5 Å². The Hall–Kier alpha value is -1.68. The van der Waals surface area contributed by atoms with Gasteiger partial charge in [-0.2, -0.15) is 0 Å². The molecule has 0 aliphatic heterocycles. The van der Waals surface area contributed by atoms with Crippen LogP contribution >= 0.6 is 11.3 Å². The normalized spacial score (nSPS) is 10.3. The zero-order valence-electron chi connectivity index (χ0n) is 10.6. The smallest absolute Gasteiger partial charge is 0.225 e. The summed E-state index contributed by atoms with van der Waals surface area (Å²) in [5, 5.41) is 3.46. The van der Waals surface area contributed by atoms with Gasteiger partial charge in [0.1, 0.15) is 0 Å². The molecule has 1 heterocycles. The van der Waals surface area contributed by atoms with Crippen LogP contribution in [-0.4, -0.2) is 10.9 Å². The van der Waals surface area contributed by atoms with Crippen LogP contribution in [0.25, 0.3) is 0 Å². The predicted octanol–water partition coefficient (Wildman–Crippen LogP) is 3.39. The number of carbonyl (C=O) groups excluding carboxylic acids is 1. The number of rotatable bonds is 4. The standard InChI is InChI=1S/C14H16N2OS/c1-3-13(17)16-14-15-9-12(18-14)8-11-6-4-10(2)5-7-11/h4-7,9H,3,8H2,1-2H3,(H,15,16,17). The van der Waals surface area contributed by atoms with E-state index >= 15 is 0 Å². The summed E-state index contributed by atoms with van der Waals surface area (Å²) in [5.41, 5.74) is 2.52. The van der Waals surface area contributed by atoms with Crippen molar-refractivity contribution in [1.29, 1.82) is 0 Å². The van der Waals surface area contributed by atoms with Crippen molar-refractivity contribution in [2.24, 2.45) is 0 Å². The largest absolute Gasteiger partial charge is 0.302 e. The van der Waals surface area contributed by atoms with Gasteiger partial charge in [-0.3, -0.25) is 4.79 Å². The second kappa shape index (κ2) is 5.78. The van der Waals surface area contributed by atoms with Gasteiger partial charge in [-0.15, -0.1) is 11.3 Å². The van der Waals surface area contributed by atoms with Crippen molar-refractivity contribution < 1.29 is 4.79 Å². The third-order valence-electron chi connectivity index (χ3n) is 2.62. The molecule has 94 valence electrons. The fourth-order valence-corrected chi connectivity index (χ4v) is 2.42. The lowest BCUT2D eigenvalue weighted by Crippen LogP contribution is -2.08. The van der Waals surface area contributed by atoms with Crippen LogP contribution in [0, 0.1) is 6.92 Å². The Bertz CT molecular complexity index is 531. The first-order chi connectivity index (χ1) is 8.67. The Labute approximate surface area is 111 Å². The molecule has 4 heteroatoms. The molecule has 3 nitrogen and oxygen atoms in total. The summed E-state index contributed by atoms with van der Waals surface area (Å²) in [5.74, 6) is 0.00577. The number of nitrogens with one attached hydrogen (secondary N) is 1. The average Bonchev–Trinajstić information content (AvgIpc) is 2.79. The fraction of sp³-hybridized carbons (Fsp3) is 0.286. The van der Waals surface area contributed by atoms with Crippen LogP contribution in [0.1, 0.15) is 29.3 Å². The summed E-state index contributed by atoms with van der Waals surface area (Å²) < 4.78 is 0. The Morgan fingerprint density at radius 3 is 2.72 bits per heavy atom. The van der Waals surface area contributed by atoms with Crippen molar-refractivity contribution in [2.75, 3.05) is 5.32 Å². The number of nitrogens with zero attached hydrogens (tertiary/aromatic N) is 1. The lowest BCUT2D eigenvalue weighted by molar-refractivity contribution is -0.115. The monoisotopic (exact) mass is 260 g/mol. The minimum atomic E-state index is 0.00577. The number of aromatic nitrogens is 1. The number of hydrogen-bond acceptors (Lipinski definition) is 3. The zero-order chi connectivity index (χ0) is 13.0. The van der Waals surface area contributed by atoms with Crippen LogP contribution in [0.15, 0.2) is 30.5 Å². The van der Waals surface area contributed by atoms with Gasteiger partial charge in [0.2, 0.25) is 5.91 Å². The van der Waals surface area contributed by atoms with E-state index in [-0.39, 0.29) is 5.91 Å². The van der Waals surface area contributed by atoms with E-state index in [4.69, 9.17) is 0 Å². The molecule has 0 spiro atoms. The molecule has 2 rings (SSSR count). The average molecular weight is 260 g/mol. The van der Waals surface area contributed by atoms with Gasteiger partial charge in [-0.25, -0.2) is 4.98 Å². The van der Waals surface area contributed by atoms with Crippen LogP contribution in [-0.2, 0) is 11.2 Å². The third-order valence-corrected chi connectivity index (χ3v) is 3.53. The molecule has 18 heavy (non-hydrogen) atoms. The van der Waals surface area contributed by atoms with Gasteiger partial charge in [-0.05, 0) is 12.5 Å². The highest BCUT2D eigenvalue weighted by Gasteiger charge is 2.05. The summed E-state index contributed by atoms with van der Waals surface area (Å²) in [6.45, 7) is 3.91. The number of carbonyl (C=O) groups is 1. The van der Waals surface area contributed by atoms with E-state index in [0.717, 1.165) is 11.3 Å². The van der Waals surface area contributed by atoms with Gasteiger partial charge in [0.05, 0.1) is 0 Å². The first-order valence-corrected chi connectivity index (χ1v) is 6.79. The predicted molar refractivity (Wildman–Crippen MR) is 75.0 cm³/mol. The highest BCUT2D eigenvalue weighted by Crippen LogP contribution is 2.21. The van der Waals surface area contributed by atoms with Crippen molar-refractivity contribution >= 4 is 22.4 Å². The van der Waals surface area contributed by atoms with Crippen molar-refractivity contribution in [3.05, 3.63) is 46.5 Å². The minimum absolute atomic E-state index is 0.00577. The van der Waals surface area contributed by atoms with E-state index in [1.54, 1.807) is 0 Å². The maximum Gasteiger partial charge on any atom is 0.225 e. The highest BCUT2D eigenvalue weighted by atomic mass is 32.1. The molecule has 0 atom stereocenters. The van der Waals surface area contributed by atoms with Gasteiger partial charge in [0.15, 0.2) is 5.13 Å². The summed E-state index contributed by atoms with van der Waals surface area (Å²) in [7, 11) is 0. The molecule has 1 aromatic carbocycles. The molecule has 0 saturated heterocycles. The lowest BCUT2D eigenvalue weighted by Gasteiger charge is -1.99. The van der Waals surface area contributed by atoms with Crippen molar-refractivity contribution in [1.82, 2.24) is 4.98 Å². The Morgan fingerprint density at radius 2 is 2.06 bits per heavy atom. The Kier molecular flexibility index (Phi) is 4.10. The molecule has 0 aliphatic rings. The number of aryl methyl sites for hydroxylation is 1. The van der Waals surface area contributed by atoms with E-state index in [1.165, 1.54) is 22.5 Å². The summed E-state index contributed by atoms with van der Waals surface area (Å²) >= 11 is 1.53. The van der Waals surface area contributed by atoms with Crippen molar-refractivity contribution in [3.8, 4) is 0 Å². The second-order valence-corrected chi connectivity index (χ2v) is 5.31. The lowest BCUT2D eigenvalue weighted by atomic mass is 10.1. The first kappa shape index (κ1) is 12.8. The molecule has 0 bridgehead atoms. The molecule has 0 unspecified atom stereocenters. The van der Waals surface area contributed by atoms with Crippen LogP contribution < -0.4 is 5.32 Å². The van der Waals surface area contributed by atoms with Crippen molar-refractivity contribution in [2.45, 2.75) is 26.7 Å². The zero-order valence-corrected chi connectivity index (χ0v) is 11.4. The molecule has 2 aromatic rings. The van der Waals surface area contributed by atoms with Gasteiger partial charge in [-0.1, -0.05) is 36.8 Å². The molecule has 1 aromatic heterocycles. The molecular formula is C14H16N2OS. The van der Waals surface area contributed by atoms with Gasteiger partial charge in [0, 0.05) is 23.9 Å². The molecule has 0 radical (unpaired) electrons. The van der Waals surface area contributed by atoms with Crippen LogP contribution in [0.4, 0.5) is 5.13 Å². The Morgan fingerprint density at radius 1 is 1.33 bits per heavy atom. The molecule has 1 amide bonds. The van der Waals surface area contributed by atoms with Crippen LogP contribution in [0.3, 0.4) is 0 Å². The molecule has 1 N–H and O–H groups in total. The maximum atomic E-state index is 11.2. The number of amides is 1. The van der Waals surface area contributed by atoms with E-state index in [9.17, 15) is 4.79 Å². The molecule has 0 aliphatic carbocycles. The summed E-state index contributed by atoms with van der Waals surface area (Å²) in [6, 6.07) is 8.46. The maximum absolute atomic E-state index is 11.2. The number of thiazole rings is 1. The van der Waals surface area contributed by atoms with Crippen LogP contribution in [0.2, 0.25) is 0 Å². The van der Waals surface area contributed by atoms with Gasteiger partial charge >= 0.3 is 0 Å². The summed E-state index contributed by atoms with van der Waals surface area (Å²) in [6.07, 6.45) is 3.17. The third kappa shape index (κ3) is 3.40. The quantitative estimate of drug-likeness (QED) is 0.915. The van der Waals surface area contributed by atoms with Gasteiger partial charge < -0.3 is 5.32 Å². The number of anilines is 1. The molecule has 0 saturated carbocycles. The highest BCUT2D eigenvalue weighted by molar-refractivity contribution is 7.15. The number of hydrogen-bond donors (Lipinski definition) is 1. The molecular weight excluding hydrogens is 244 g/mol. The van der Waals surface area contributed by atoms with E-state index in [1.807, 2.05) is 13.1 Å². The topological polar surface area (TPSA) is 42.0 Å². The number of benzene rings is 1. The minimum Gasteiger partial charge on any atom is -0.302 e. The Balaban J connectivity index is 2.02. The van der Waals surface area contributed by atoms with E-state index < -0.39 is 0 Å². The second-order valence-electron chi connectivity index (χ2n) is 4.20. The fourth-order valence-electron chi connectivity index (χ4n) is 1.56. The summed E-state index contributed by atoms with van der Waals surface area (Å²) in [4.78, 5) is 16.6. The van der Waals surface area contributed by atoms with E-state index in [0.29, 0.717) is 11.6 Å². The SMILES string of the molecule is CCC(=O)Nc1ncc(Cc2ccc(C)cc2)s1. The van der Waals surface area contributed by atoms with Crippen molar-refractivity contribution in [3.63, 3.8) is 0 Å². The molecule has 0 fully saturated rings. The van der Waals surface area contributed by atoms with Gasteiger partial charge in [0.25, 0.3) is 0 Å².